The first-order valence-corrected chi connectivity index (χ1v) is 9.77. The number of methoxy groups -OCH3 is 1. The topological polar surface area (TPSA) is 70.7 Å². The van der Waals surface area contributed by atoms with Crippen LogP contribution in [-0.4, -0.2) is 43.1 Å². The molecular weight excluding hydrogens is 373 g/mol. The van der Waals surface area contributed by atoms with Crippen molar-refractivity contribution in [2.75, 3.05) is 30.8 Å². The number of likely N-dealkylation sites (tertiary alicyclic amines) is 1. The van der Waals surface area contributed by atoms with E-state index in [0.29, 0.717) is 18.8 Å². The summed E-state index contributed by atoms with van der Waals surface area (Å²) in [5.41, 5.74) is 1.60. The summed E-state index contributed by atoms with van der Waals surface area (Å²) in [4.78, 5) is 26.4. The highest BCUT2D eigenvalue weighted by atomic mass is 19.1. The van der Waals surface area contributed by atoms with Gasteiger partial charge >= 0.3 is 6.03 Å². The summed E-state index contributed by atoms with van der Waals surface area (Å²) < 4.78 is 19.0. The van der Waals surface area contributed by atoms with Crippen LogP contribution in [0.25, 0.3) is 0 Å². The van der Waals surface area contributed by atoms with Crippen LogP contribution in [0.15, 0.2) is 48.5 Å². The quantitative estimate of drug-likeness (QED) is 0.797. The predicted molar refractivity (Wildman–Crippen MR) is 110 cm³/mol. The van der Waals surface area contributed by atoms with E-state index in [0.717, 1.165) is 24.8 Å². The standard InChI is InChI=1S/C22H26FN3O3/c1-29-18-5-4-13-26(14-12-18)22(28)24-17-10-8-16(9-11-17)15-21(27)25-20-7-3-2-6-19(20)23/h2-3,6-11,18H,4-5,12-15H2,1H3,(H,24,28)(H,25,27). The van der Waals surface area contributed by atoms with Crippen LogP contribution in [0.4, 0.5) is 20.6 Å². The molecule has 0 radical (unpaired) electrons. The largest absolute Gasteiger partial charge is 0.381 e. The number of carbonyl (C=O) groups is 2. The summed E-state index contributed by atoms with van der Waals surface area (Å²) in [6, 6.07) is 13.0. The predicted octanol–water partition coefficient (Wildman–Crippen LogP) is 4.04. The fourth-order valence-corrected chi connectivity index (χ4v) is 3.36. The van der Waals surface area contributed by atoms with Crippen molar-refractivity contribution >= 4 is 23.3 Å². The molecule has 0 saturated carbocycles. The van der Waals surface area contributed by atoms with Crippen LogP contribution >= 0.6 is 0 Å². The van der Waals surface area contributed by atoms with Gasteiger partial charge in [-0.05, 0) is 49.1 Å². The van der Waals surface area contributed by atoms with Crippen LogP contribution in [0.5, 0.6) is 0 Å². The van der Waals surface area contributed by atoms with Crippen LogP contribution in [0.1, 0.15) is 24.8 Å². The zero-order chi connectivity index (χ0) is 20.6. The lowest BCUT2D eigenvalue weighted by atomic mass is 10.1. The van der Waals surface area contributed by atoms with Crippen LogP contribution < -0.4 is 10.6 Å². The first-order valence-electron chi connectivity index (χ1n) is 9.77. The number of para-hydroxylation sites is 1. The second-order valence-electron chi connectivity index (χ2n) is 7.11. The zero-order valence-electron chi connectivity index (χ0n) is 16.5. The molecular formula is C22H26FN3O3. The Balaban J connectivity index is 1.51. The van der Waals surface area contributed by atoms with E-state index in [9.17, 15) is 14.0 Å². The number of halogens is 1. The number of urea groups is 1. The van der Waals surface area contributed by atoms with Crippen molar-refractivity contribution in [1.29, 1.82) is 0 Å². The van der Waals surface area contributed by atoms with E-state index in [1.165, 1.54) is 12.1 Å². The Hall–Kier alpha value is -2.93. The molecule has 0 aromatic heterocycles. The average Bonchev–Trinajstić information content (AvgIpc) is 2.97. The van der Waals surface area contributed by atoms with Gasteiger partial charge in [0.15, 0.2) is 0 Å². The molecule has 3 rings (SSSR count). The Morgan fingerprint density at radius 2 is 1.83 bits per heavy atom. The summed E-state index contributed by atoms with van der Waals surface area (Å²) in [5, 5.41) is 5.46. The minimum Gasteiger partial charge on any atom is -0.381 e. The SMILES string of the molecule is COC1CCCN(C(=O)Nc2ccc(CC(=O)Nc3ccccc3F)cc2)CC1. The van der Waals surface area contributed by atoms with Gasteiger partial charge in [-0.1, -0.05) is 24.3 Å². The second kappa shape index (κ2) is 10.0. The number of ether oxygens (including phenoxy) is 1. The minimum absolute atomic E-state index is 0.118. The lowest BCUT2D eigenvalue weighted by molar-refractivity contribution is -0.115. The number of hydrogen-bond acceptors (Lipinski definition) is 3. The smallest absolute Gasteiger partial charge is 0.321 e. The summed E-state index contributed by atoms with van der Waals surface area (Å²) in [6.07, 6.45) is 3.04. The number of carbonyl (C=O) groups excluding carboxylic acids is 2. The highest BCUT2D eigenvalue weighted by molar-refractivity contribution is 5.92. The summed E-state index contributed by atoms with van der Waals surface area (Å²) in [6.45, 7) is 1.37. The third-order valence-corrected chi connectivity index (χ3v) is 5.01. The van der Waals surface area contributed by atoms with Gasteiger partial charge in [0.25, 0.3) is 0 Å². The van der Waals surface area contributed by atoms with Gasteiger partial charge in [-0.15, -0.1) is 0 Å². The molecule has 1 atom stereocenters. The lowest BCUT2D eigenvalue weighted by Crippen LogP contribution is -2.35. The van der Waals surface area contributed by atoms with Crippen molar-refractivity contribution in [3.8, 4) is 0 Å². The molecule has 6 nitrogen and oxygen atoms in total. The third-order valence-electron chi connectivity index (χ3n) is 5.01. The Bertz CT molecular complexity index is 841. The Morgan fingerprint density at radius 3 is 2.55 bits per heavy atom. The maximum atomic E-state index is 13.6. The van der Waals surface area contributed by atoms with Crippen molar-refractivity contribution in [3.63, 3.8) is 0 Å². The van der Waals surface area contributed by atoms with Gasteiger partial charge in [-0.3, -0.25) is 4.79 Å². The minimum atomic E-state index is -0.468. The Morgan fingerprint density at radius 1 is 1.07 bits per heavy atom. The molecule has 1 fully saturated rings. The second-order valence-corrected chi connectivity index (χ2v) is 7.11. The van der Waals surface area contributed by atoms with Crippen molar-refractivity contribution in [2.45, 2.75) is 31.8 Å². The fourth-order valence-electron chi connectivity index (χ4n) is 3.36. The van der Waals surface area contributed by atoms with Gasteiger partial charge in [-0.25, -0.2) is 9.18 Å². The molecule has 0 spiro atoms. The first kappa shape index (κ1) is 20.8. The lowest BCUT2D eigenvalue weighted by Gasteiger charge is -2.21. The maximum Gasteiger partial charge on any atom is 0.321 e. The fraction of sp³-hybridized carbons (Fsp3) is 0.364. The van der Waals surface area contributed by atoms with Gasteiger partial charge in [-0.2, -0.15) is 0 Å². The van der Waals surface area contributed by atoms with E-state index in [4.69, 9.17) is 4.74 Å². The van der Waals surface area contributed by atoms with Crippen LogP contribution in [0.3, 0.4) is 0 Å². The number of nitrogens with one attached hydrogen (secondary N) is 2. The molecule has 0 aliphatic carbocycles. The van der Waals surface area contributed by atoms with Crippen molar-refractivity contribution in [1.82, 2.24) is 4.90 Å². The summed E-state index contributed by atoms with van der Waals surface area (Å²) in [5.74, 6) is -0.770. The van der Waals surface area contributed by atoms with Crippen molar-refractivity contribution in [2.24, 2.45) is 0 Å². The summed E-state index contributed by atoms with van der Waals surface area (Å²) in [7, 11) is 1.71. The van der Waals surface area contributed by atoms with E-state index in [1.54, 1.807) is 48.4 Å². The van der Waals surface area contributed by atoms with Gasteiger partial charge in [0.1, 0.15) is 5.82 Å². The van der Waals surface area contributed by atoms with Crippen LogP contribution in [0, 0.1) is 5.82 Å². The van der Waals surface area contributed by atoms with Crippen molar-refractivity contribution < 1.29 is 18.7 Å². The molecule has 1 unspecified atom stereocenters. The van der Waals surface area contributed by atoms with Crippen LogP contribution in [0.2, 0.25) is 0 Å². The number of rotatable bonds is 5. The van der Waals surface area contributed by atoms with Gasteiger partial charge in [0, 0.05) is 25.9 Å². The highest BCUT2D eigenvalue weighted by Crippen LogP contribution is 2.17. The average molecular weight is 399 g/mol. The number of hydrogen-bond donors (Lipinski definition) is 2. The van der Waals surface area contributed by atoms with E-state index >= 15 is 0 Å². The molecule has 2 aromatic rings. The Labute approximate surface area is 170 Å². The molecule has 1 aliphatic heterocycles. The number of nitrogens with zero attached hydrogens (tertiary/aromatic N) is 1. The highest BCUT2D eigenvalue weighted by Gasteiger charge is 2.20. The van der Waals surface area contributed by atoms with E-state index < -0.39 is 5.82 Å². The molecule has 2 N–H and O–H groups in total. The van der Waals surface area contributed by atoms with E-state index in [2.05, 4.69) is 10.6 Å². The number of amides is 3. The molecule has 1 aliphatic rings. The molecule has 0 bridgehead atoms. The zero-order valence-corrected chi connectivity index (χ0v) is 16.5. The third kappa shape index (κ3) is 6.02. The molecule has 1 heterocycles. The van der Waals surface area contributed by atoms with Crippen molar-refractivity contribution in [3.05, 3.63) is 59.9 Å². The monoisotopic (exact) mass is 399 g/mol. The van der Waals surface area contributed by atoms with Gasteiger partial charge < -0.3 is 20.3 Å². The summed E-state index contributed by atoms with van der Waals surface area (Å²) >= 11 is 0. The Kier molecular flexibility index (Phi) is 7.19. The van der Waals surface area contributed by atoms with E-state index in [-0.39, 0.29) is 30.2 Å². The number of benzene rings is 2. The molecule has 154 valence electrons. The first-order chi connectivity index (χ1) is 14.0. The molecule has 7 heteroatoms. The molecule has 29 heavy (non-hydrogen) atoms. The van der Waals surface area contributed by atoms with E-state index in [1.807, 2.05) is 0 Å². The molecule has 3 amide bonds. The molecule has 2 aromatic carbocycles. The maximum absolute atomic E-state index is 13.6. The molecule has 1 saturated heterocycles. The van der Waals surface area contributed by atoms with Gasteiger partial charge in [0.2, 0.25) is 5.91 Å². The number of anilines is 2. The normalized spacial score (nSPS) is 16.8. The van der Waals surface area contributed by atoms with Gasteiger partial charge in [0.05, 0.1) is 18.2 Å². The van der Waals surface area contributed by atoms with Crippen LogP contribution in [-0.2, 0) is 16.0 Å².